The number of carboxylic acid groups (broad SMARTS) is 1. The van der Waals surface area contributed by atoms with Gasteiger partial charge in [0.25, 0.3) is 0 Å². The number of aliphatic carboxylic acids is 1. The van der Waals surface area contributed by atoms with E-state index >= 15 is 0 Å². The molecule has 1 saturated heterocycles. The summed E-state index contributed by atoms with van der Waals surface area (Å²) in [5, 5.41) is 10.6. The lowest BCUT2D eigenvalue weighted by molar-refractivity contribution is -0.192. The molecule has 3 aromatic carbocycles. The topological polar surface area (TPSA) is 87.2 Å². The van der Waals surface area contributed by atoms with Gasteiger partial charge in [-0.15, -0.1) is 0 Å². The highest BCUT2D eigenvalue weighted by molar-refractivity contribution is 5.82. The maximum absolute atomic E-state index is 10.6. The van der Waals surface area contributed by atoms with Gasteiger partial charge in [-0.3, -0.25) is 0 Å². The molecule has 1 aromatic heterocycles. The largest absolute Gasteiger partial charge is 0.490 e. The van der Waals surface area contributed by atoms with Crippen molar-refractivity contribution in [2.45, 2.75) is 38.6 Å². The van der Waals surface area contributed by atoms with Crippen LogP contribution in [0.1, 0.15) is 24.0 Å². The van der Waals surface area contributed by atoms with Crippen molar-refractivity contribution >= 4 is 17.0 Å². The Hall–Kier alpha value is -3.69. The number of nitrogens with one attached hydrogen (secondary N) is 2. The van der Waals surface area contributed by atoms with E-state index in [0.717, 1.165) is 42.1 Å². The highest BCUT2D eigenvalue weighted by Crippen LogP contribution is 2.26. The van der Waals surface area contributed by atoms with Gasteiger partial charge in [-0.2, -0.15) is 13.2 Å². The number of hydrogen-bond donors (Lipinski definition) is 3. The Morgan fingerprint density at radius 1 is 1.05 bits per heavy atom. The molecule has 3 N–H and O–H groups in total. The van der Waals surface area contributed by atoms with Gasteiger partial charge in [0.2, 0.25) is 0 Å². The fourth-order valence-electron chi connectivity index (χ4n) is 4.13. The Morgan fingerprint density at radius 3 is 2.24 bits per heavy atom. The summed E-state index contributed by atoms with van der Waals surface area (Å²) in [6, 6.07) is 23.6. The second-order valence-electron chi connectivity index (χ2n) is 8.90. The average Bonchev–Trinajstić information content (AvgIpc) is 3.55. The van der Waals surface area contributed by atoms with Gasteiger partial charge in [-0.05, 0) is 48.1 Å². The molecule has 1 atom stereocenters. The summed E-state index contributed by atoms with van der Waals surface area (Å²) < 4.78 is 37.4. The molecule has 4 aromatic rings. The standard InChI is InChI=1S/C26H27N3O.C2HF3O2/c1-18-4-2-6-24-25(18)29-26(28-24)22-13-11-21(12-14-22)20-9-7-19(8-10-20)16-27-17-23-5-3-15-30-23;3-2(4,5)1(6)7/h2,4,6-14,23,27H,3,5,15-17H2,1H3,(H,28,29);(H,6,7). The van der Waals surface area contributed by atoms with Crippen molar-refractivity contribution in [2.75, 3.05) is 13.2 Å². The van der Waals surface area contributed by atoms with Gasteiger partial charge in [-0.25, -0.2) is 9.78 Å². The van der Waals surface area contributed by atoms with Crippen molar-refractivity contribution in [3.63, 3.8) is 0 Å². The highest BCUT2D eigenvalue weighted by atomic mass is 19.4. The summed E-state index contributed by atoms with van der Waals surface area (Å²) in [6.07, 6.45) is -2.33. The zero-order valence-electron chi connectivity index (χ0n) is 20.3. The first-order chi connectivity index (χ1) is 17.7. The third-order valence-electron chi connectivity index (χ3n) is 6.13. The Labute approximate surface area is 212 Å². The van der Waals surface area contributed by atoms with E-state index in [-0.39, 0.29) is 0 Å². The summed E-state index contributed by atoms with van der Waals surface area (Å²) in [7, 11) is 0. The second-order valence-corrected chi connectivity index (χ2v) is 8.90. The third-order valence-corrected chi connectivity index (χ3v) is 6.13. The first kappa shape index (κ1) is 26.4. The van der Waals surface area contributed by atoms with Gasteiger partial charge in [-0.1, -0.05) is 60.7 Å². The van der Waals surface area contributed by atoms with Crippen molar-refractivity contribution < 1.29 is 27.8 Å². The Bertz CT molecular complexity index is 1330. The van der Waals surface area contributed by atoms with Crippen LogP contribution in [0.5, 0.6) is 0 Å². The van der Waals surface area contributed by atoms with Crippen molar-refractivity contribution in [3.8, 4) is 22.5 Å². The van der Waals surface area contributed by atoms with E-state index < -0.39 is 12.1 Å². The molecular formula is C28H28F3N3O3. The van der Waals surface area contributed by atoms with Gasteiger partial charge in [0, 0.05) is 25.3 Å². The molecule has 0 bridgehead atoms. The van der Waals surface area contributed by atoms with Crippen LogP contribution in [0, 0.1) is 6.92 Å². The Balaban J connectivity index is 0.000000405. The van der Waals surface area contributed by atoms with Crippen LogP contribution in [0.15, 0.2) is 66.7 Å². The molecule has 0 aliphatic carbocycles. The van der Waals surface area contributed by atoms with Crippen LogP contribution in [0.2, 0.25) is 0 Å². The molecule has 0 spiro atoms. The minimum Gasteiger partial charge on any atom is -0.475 e. The number of aromatic amines is 1. The first-order valence-corrected chi connectivity index (χ1v) is 12.0. The number of benzene rings is 3. The van der Waals surface area contributed by atoms with Crippen molar-refractivity contribution in [2.24, 2.45) is 0 Å². The summed E-state index contributed by atoms with van der Waals surface area (Å²) in [6.45, 7) is 4.82. The van der Waals surface area contributed by atoms with E-state index in [1.165, 1.54) is 35.1 Å². The van der Waals surface area contributed by atoms with Crippen LogP contribution in [-0.4, -0.2) is 46.5 Å². The quantitative estimate of drug-likeness (QED) is 0.291. The molecule has 1 aliphatic rings. The minimum atomic E-state index is -5.08. The smallest absolute Gasteiger partial charge is 0.475 e. The minimum absolute atomic E-state index is 0.387. The number of aryl methyl sites for hydroxylation is 1. The SMILES string of the molecule is Cc1cccc2[nH]c(-c3ccc(-c4ccc(CNCC5CCCO5)cc4)cc3)nc12.O=C(O)C(F)(F)F. The number of hydrogen-bond acceptors (Lipinski definition) is 4. The molecule has 9 heteroatoms. The van der Waals surface area contributed by atoms with E-state index in [1.807, 2.05) is 0 Å². The lowest BCUT2D eigenvalue weighted by Gasteiger charge is -2.11. The molecule has 37 heavy (non-hydrogen) atoms. The zero-order valence-corrected chi connectivity index (χ0v) is 20.3. The van der Waals surface area contributed by atoms with Crippen molar-refractivity contribution in [3.05, 3.63) is 77.9 Å². The predicted octanol–water partition coefficient (Wildman–Crippen LogP) is 6.11. The number of halogens is 3. The van der Waals surface area contributed by atoms with Gasteiger partial charge >= 0.3 is 12.1 Å². The first-order valence-electron chi connectivity index (χ1n) is 12.0. The van der Waals surface area contributed by atoms with Crippen LogP contribution >= 0.6 is 0 Å². The van der Waals surface area contributed by atoms with Crippen LogP contribution < -0.4 is 5.32 Å². The Kier molecular flexibility index (Phi) is 8.25. The van der Waals surface area contributed by atoms with Crippen LogP contribution in [-0.2, 0) is 16.1 Å². The highest BCUT2D eigenvalue weighted by Gasteiger charge is 2.38. The van der Waals surface area contributed by atoms with Gasteiger partial charge in [0.1, 0.15) is 5.82 Å². The number of H-pyrrole nitrogens is 1. The van der Waals surface area contributed by atoms with E-state index in [9.17, 15) is 13.2 Å². The molecule has 194 valence electrons. The summed E-state index contributed by atoms with van der Waals surface area (Å²) >= 11 is 0. The summed E-state index contributed by atoms with van der Waals surface area (Å²) in [5.74, 6) is -1.84. The number of carbonyl (C=O) groups is 1. The number of rotatable bonds is 6. The number of para-hydroxylation sites is 1. The molecule has 0 radical (unpaired) electrons. The lowest BCUT2D eigenvalue weighted by atomic mass is 10.0. The molecule has 0 amide bonds. The molecule has 5 rings (SSSR count). The molecule has 1 aliphatic heterocycles. The zero-order chi connectivity index (χ0) is 26.4. The van der Waals surface area contributed by atoms with Crippen LogP contribution in [0.3, 0.4) is 0 Å². The molecule has 2 heterocycles. The van der Waals surface area contributed by atoms with Gasteiger partial charge < -0.3 is 20.1 Å². The van der Waals surface area contributed by atoms with Crippen LogP contribution in [0.4, 0.5) is 13.2 Å². The van der Waals surface area contributed by atoms with Crippen molar-refractivity contribution in [1.29, 1.82) is 0 Å². The molecular weight excluding hydrogens is 483 g/mol. The summed E-state index contributed by atoms with van der Waals surface area (Å²) in [5.41, 5.74) is 8.15. The predicted molar refractivity (Wildman–Crippen MR) is 136 cm³/mol. The number of fused-ring (bicyclic) bond motifs is 1. The third kappa shape index (κ3) is 6.96. The van der Waals surface area contributed by atoms with E-state index in [2.05, 4.69) is 84.0 Å². The lowest BCUT2D eigenvalue weighted by Crippen LogP contribution is -2.25. The normalized spacial score (nSPS) is 15.4. The number of ether oxygens (including phenoxy) is 1. The molecule has 1 fully saturated rings. The van der Waals surface area contributed by atoms with E-state index in [4.69, 9.17) is 19.6 Å². The number of imidazole rings is 1. The maximum atomic E-state index is 10.6. The molecule has 1 unspecified atom stereocenters. The molecule has 0 saturated carbocycles. The van der Waals surface area contributed by atoms with Gasteiger partial charge in [0.05, 0.1) is 17.1 Å². The average molecular weight is 512 g/mol. The fourth-order valence-corrected chi connectivity index (χ4v) is 4.13. The maximum Gasteiger partial charge on any atom is 0.490 e. The molecule has 6 nitrogen and oxygen atoms in total. The van der Waals surface area contributed by atoms with E-state index in [0.29, 0.717) is 6.10 Å². The second kappa shape index (κ2) is 11.6. The number of carboxylic acids is 1. The number of nitrogens with zero attached hydrogens (tertiary/aromatic N) is 1. The van der Waals surface area contributed by atoms with E-state index in [1.54, 1.807) is 0 Å². The van der Waals surface area contributed by atoms with Crippen molar-refractivity contribution in [1.82, 2.24) is 15.3 Å². The van der Waals surface area contributed by atoms with Crippen LogP contribution in [0.25, 0.3) is 33.5 Å². The summed E-state index contributed by atoms with van der Waals surface area (Å²) in [4.78, 5) is 17.1. The number of alkyl halides is 3. The monoisotopic (exact) mass is 511 g/mol. The Morgan fingerprint density at radius 2 is 1.68 bits per heavy atom. The van der Waals surface area contributed by atoms with Gasteiger partial charge in [0.15, 0.2) is 0 Å². The number of aromatic nitrogens is 2. The fraction of sp³-hybridized carbons (Fsp3) is 0.286.